The van der Waals surface area contributed by atoms with Gasteiger partial charge in [-0.2, -0.15) is 0 Å². The zero-order valence-electron chi connectivity index (χ0n) is 22.1. The van der Waals surface area contributed by atoms with E-state index in [1.807, 2.05) is 12.1 Å². The molecule has 1 aromatic heterocycles. The molecule has 0 bridgehead atoms. The molecule has 4 atom stereocenters. The summed E-state index contributed by atoms with van der Waals surface area (Å²) < 4.78 is 11.4. The maximum Gasteiger partial charge on any atom is 0.337 e. The molecule has 1 amide bonds. The highest BCUT2D eigenvalue weighted by molar-refractivity contribution is 5.94. The Morgan fingerprint density at radius 3 is 2.47 bits per heavy atom. The van der Waals surface area contributed by atoms with E-state index >= 15 is 0 Å². The van der Waals surface area contributed by atoms with Crippen LogP contribution in [-0.2, 0) is 16.0 Å². The second kappa shape index (κ2) is 10.6. The van der Waals surface area contributed by atoms with E-state index in [1.165, 1.54) is 11.1 Å². The van der Waals surface area contributed by atoms with Gasteiger partial charge < -0.3 is 19.6 Å². The molecule has 6 heteroatoms. The number of rotatable bonds is 7. The lowest BCUT2D eigenvalue weighted by Gasteiger charge is -2.27. The lowest BCUT2D eigenvalue weighted by molar-refractivity contribution is -0.156. The first kappa shape index (κ1) is 26.0. The first-order valence-electron chi connectivity index (χ1n) is 13.2. The molecule has 6 nitrogen and oxygen atoms in total. The van der Waals surface area contributed by atoms with Gasteiger partial charge in [0.1, 0.15) is 0 Å². The number of hydrogen-bond donors (Lipinski definition) is 2. The lowest BCUT2D eigenvalue weighted by Crippen LogP contribution is -2.41. The van der Waals surface area contributed by atoms with Crippen molar-refractivity contribution in [1.29, 1.82) is 0 Å². The molecular weight excluding hydrogens is 478 g/mol. The average molecular weight is 514 g/mol. The van der Waals surface area contributed by atoms with E-state index in [1.54, 1.807) is 61.1 Å². The molecule has 5 rings (SSSR count). The van der Waals surface area contributed by atoms with Crippen LogP contribution in [0.2, 0.25) is 0 Å². The maximum atomic E-state index is 13.3. The van der Waals surface area contributed by atoms with Crippen LogP contribution < -0.4 is 5.32 Å². The van der Waals surface area contributed by atoms with Gasteiger partial charge in [0.25, 0.3) is 5.91 Å². The number of ether oxygens (including phenoxy) is 1. The minimum Gasteiger partial charge on any atom is -0.472 e. The van der Waals surface area contributed by atoms with Crippen LogP contribution in [-0.4, -0.2) is 29.7 Å². The topological polar surface area (TPSA) is 88.8 Å². The van der Waals surface area contributed by atoms with E-state index in [-0.39, 0.29) is 29.8 Å². The summed E-state index contributed by atoms with van der Waals surface area (Å²) in [5, 5.41) is 14.0. The summed E-state index contributed by atoms with van der Waals surface area (Å²) in [7, 11) is 0. The molecule has 0 unspecified atom stereocenters. The van der Waals surface area contributed by atoms with Crippen LogP contribution in [0.1, 0.15) is 72.6 Å². The molecule has 0 radical (unpaired) electrons. The predicted octanol–water partition coefficient (Wildman–Crippen LogP) is 5.75. The summed E-state index contributed by atoms with van der Waals surface area (Å²) in [4.78, 5) is 26.2. The summed E-state index contributed by atoms with van der Waals surface area (Å²) in [5.74, 6) is -0.947. The number of aliphatic hydroxyl groups is 1. The van der Waals surface area contributed by atoms with Crippen LogP contribution in [0.5, 0.6) is 0 Å². The third-order valence-electron chi connectivity index (χ3n) is 8.00. The molecule has 3 aromatic rings. The highest BCUT2D eigenvalue weighted by Gasteiger charge is 2.43. The third kappa shape index (κ3) is 5.32. The zero-order chi connectivity index (χ0) is 26.9. The fourth-order valence-electron chi connectivity index (χ4n) is 6.13. The van der Waals surface area contributed by atoms with Crippen LogP contribution >= 0.6 is 0 Å². The summed E-state index contributed by atoms with van der Waals surface area (Å²) in [6.45, 7) is 6.89. The van der Waals surface area contributed by atoms with Gasteiger partial charge in [0.05, 0.1) is 25.2 Å². The molecule has 2 aliphatic carbocycles. The second-order valence-electron chi connectivity index (χ2n) is 11.4. The van der Waals surface area contributed by atoms with Gasteiger partial charge in [0.15, 0.2) is 6.10 Å². The first-order chi connectivity index (χ1) is 18.2. The van der Waals surface area contributed by atoms with E-state index in [9.17, 15) is 14.7 Å². The van der Waals surface area contributed by atoms with Crippen molar-refractivity contribution >= 4 is 11.9 Å². The molecule has 0 aliphatic heterocycles. The highest BCUT2D eigenvalue weighted by atomic mass is 16.5. The number of benzene rings is 2. The monoisotopic (exact) mass is 513 g/mol. The molecule has 2 aliphatic rings. The van der Waals surface area contributed by atoms with Crippen molar-refractivity contribution in [2.24, 2.45) is 11.3 Å². The van der Waals surface area contributed by atoms with E-state index < -0.39 is 18.1 Å². The summed E-state index contributed by atoms with van der Waals surface area (Å²) in [6.07, 6.45) is 4.85. The molecule has 2 N–H and O–H groups in total. The van der Waals surface area contributed by atoms with Crippen LogP contribution in [0.15, 0.2) is 88.8 Å². The Bertz CT molecular complexity index is 1320. The molecule has 0 saturated heterocycles. The van der Waals surface area contributed by atoms with Gasteiger partial charge in [-0.1, -0.05) is 73.5 Å². The van der Waals surface area contributed by atoms with Crippen molar-refractivity contribution in [1.82, 2.24) is 5.32 Å². The number of fused-ring (bicyclic) bond motifs is 2. The largest absolute Gasteiger partial charge is 0.472 e. The normalized spacial score (nSPS) is 21.6. The molecule has 1 heterocycles. The van der Waals surface area contributed by atoms with Gasteiger partial charge >= 0.3 is 5.97 Å². The SMILES string of the molecule is CC1=C2CC(C)(C)C[C@H]2[C@H](COC(=O)[C@H](O)[C@@H](NC(=O)c2ccccc2)c2ccccc2)c2cocc2C1. The quantitative estimate of drug-likeness (QED) is 0.310. The number of carbonyl (C=O) groups excluding carboxylic acids is 2. The second-order valence-corrected chi connectivity index (χ2v) is 11.4. The highest BCUT2D eigenvalue weighted by Crippen LogP contribution is 2.53. The number of hydrogen-bond acceptors (Lipinski definition) is 5. The Hall–Kier alpha value is -3.64. The number of aliphatic hydroxyl groups excluding tert-OH is 1. The molecule has 0 spiro atoms. The standard InChI is InChI=1S/C32H35NO5/c1-20-14-23-17-37-18-26(23)27(25-16-32(2,3)15-24(20)25)19-38-31(36)29(34)28(21-10-6-4-7-11-21)33-30(35)22-12-8-5-9-13-22/h4-13,17-18,25,27-29,34H,14-16,19H2,1-3H3,(H,33,35)/t25-,27+,28+,29-/m1/s1. The van der Waals surface area contributed by atoms with E-state index in [2.05, 4.69) is 26.1 Å². The van der Waals surface area contributed by atoms with Gasteiger partial charge in [-0.3, -0.25) is 4.79 Å². The summed E-state index contributed by atoms with van der Waals surface area (Å²) >= 11 is 0. The fraction of sp³-hybridized carbons (Fsp3) is 0.375. The van der Waals surface area contributed by atoms with Crippen molar-refractivity contribution in [3.63, 3.8) is 0 Å². The predicted molar refractivity (Wildman–Crippen MR) is 144 cm³/mol. The minimum absolute atomic E-state index is 0.0526. The Morgan fingerprint density at radius 1 is 1.08 bits per heavy atom. The van der Waals surface area contributed by atoms with Gasteiger partial charge in [-0.15, -0.1) is 0 Å². The van der Waals surface area contributed by atoms with Crippen LogP contribution in [0, 0.1) is 11.3 Å². The number of esters is 1. The van der Waals surface area contributed by atoms with E-state index in [0.29, 0.717) is 11.1 Å². The molecule has 1 saturated carbocycles. The van der Waals surface area contributed by atoms with Crippen molar-refractivity contribution < 1.29 is 23.8 Å². The number of carbonyl (C=O) groups is 2. The van der Waals surface area contributed by atoms with E-state index in [0.717, 1.165) is 30.4 Å². The zero-order valence-corrected chi connectivity index (χ0v) is 22.1. The van der Waals surface area contributed by atoms with Gasteiger partial charge in [-0.05, 0) is 60.8 Å². The maximum absolute atomic E-state index is 13.3. The first-order valence-corrected chi connectivity index (χ1v) is 13.2. The lowest BCUT2D eigenvalue weighted by atomic mass is 9.82. The number of amides is 1. The summed E-state index contributed by atoms with van der Waals surface area (Å²) in [6, 6.07) is 16.8. The molecule has 198 valence electrons. The number of allylic oxidation sites excluding steroid dienone is 2. The Balaban J connectivity index is 1.36. The van der Waals surface area contributed by atoms with Gasteiger partial charge in [-0.25, -0.2) is 4.79 Å². The van der Waals surface area contributed by atoms with Crippen molar-refractivity contribution in [2.45, 2.75) is 58.1 Å². The molecule has 38 heavy (non-hydrogen) atoms. The molecule has 1 fully saturated rings. The average Bonchev–Trinajstić information content (AvgIpc) is 3.49. The van der Waals surface area contributed by atoms with Gasteiger partial charge in [0, 0.05) is 17.0 Å². The third-order valence-corrected chi connectivity index (χ3v) is 8.00. The summed E-state index contributed by atoms with van der Waals surface area (Å²) in [5.41, 5.74) is 6.24. The Labute approximate surface area is 223 Å². The van der Waals surface area contributed by atoms with Crippen molar-refractivity contribution in [2.75, 3.05) is 6.61 Å². The van der Waals surface area contributed by atoms with Crippen LogP contribution in [0.3, 0.4) is 0 Å². The van der Waals surface area contributed by atoms with Crippen molar-refractivity contribution in [3.8, 4) is 0 Å². The van der Waals surface area contributed by atoms with Crippen LogP contribution in [0.25, 0.3) is 0 Å². The smallest absolute Gasteiger partial charge is 0.337 e. The molecule has 2 aromatic carbocycles. The molecular formula is C32H35NO5. The van der Waals surface area contributed by atoms with Crippen molar-refractivity contribution in [3.05, 3.63) is 107 Å². The number of furan rings is 1. The van der Waals surface area contributed by atoms with E-state index in [4.69, 9.17) is 9.15 Å². The minimum atomic E-state index is -1.57. The fourth-order valence-corrected chi connectivity index (χ4v) is 6.13. The van der Waals surface area contributed by atoms with Crippen LogP contribution in [0.4, 0.5) is 0 Å². The van der Waals surface area contributed by atoms with Gasteiger partial charge in [0.2, 0.25) is 0 Å². The Morgan fingerprint density at radius 2 is 1.76 bits per heavy atom. The Kier molecular flexibility index (Phi) is 7.26. The number of nitrogens with one attached hydrogen (secondary N) is 1.